The molecule has 96 valence electrons. The number of hydrogen-bond acceptors (Lipinski definition) is 3. The van der Waals surface area contributed by atoms with Crippen LogP contribution in [-0.4, -0.2) is 42.8 Å². The second-order valence-electron chi connectivity index (χ2n) is 4.04. The Bertz CT molecular complexity index is 345. The van der Waals surface area contributed by atoms with Crippen LogP contribution in [0.3, 0.4) is 0 Å². The van der Waals surface area contributed by atoms with E-state index in [0.717, 1.165) is 26.2 Å². The van der Waals surface area contributed by atoms with Crippen LogP contribution < -0.4 is 5.32 Å². The Hall–Kier alpha value is 0.120. The molecule has 5 heteroatoms. The quantitative estimate of drug-likeness (QED) is 0.797. The van der Waals surface area contributed by atoms with Gasteiger partial charge in [-0.3, -0.25) is 4.90 Å². The normalized spacial score (nSPS) is 18.5. The number of nitrogens with one attached hydrogen (secondary N) is 1. The number of hydrogen-bond donors (Lipinski definition) is 2. The zero-order chi connectivity index (χ0) is 11.4. The van der Waals surface area contributed by atoms with E-state index >= 15 is 0 Å². The van der Waals surface area contributed by atoms with Gasteiger partial charge < -0.3 is 10.4 Å². The first-order chi connectivity index (χ1) is 7.81. The smallest absolute Gasteiger partial charge is 0.0628 e. The van der Waals surface area contributed by atoms with E-state index in [4.69, 9.17) is 0 Å². The zero-order valence-electron chi connectivity index (χ0n) is 9.60. The fourth-order valence-corrected chi connectivity index (χ4v) is 2.71. The number of aliphatic hydroxyl groups excluding tert-OH is 1. The van der Waals surface area contributed by atoms with E-state index in [1.54, 1.807) is 0 Å². The molecule has 0 bridgehead atoms. The summed E-state index contributed by atoms with van der Waals surface area (Å²) < 4.78 is 1.23. The van der Waals surface area contributed by atoms with Crippen molar-refractivity contribution >= 4 is 35.0 Å². The van der Waals surface area contributed by atoms with Crippen molar-refractivity contribution in [3.8, 4) is 0 Å². The largest absolute Gasteiger partial charge is 0.394 e. The summed E-state index contributed by atoms with van der Waals surface area (Å²) in [6.45, 7) is 4.24. The molecule has 0 amide bonds. The van der Waals surface area contributed by atoms with E-state index in [1.807, 2.05) is 0 Å². The minimum atomic E-state index is 0. The van der Waals surface area contributed by atoms with E-state index < -0.39 is 0 Å². The molecule has 0 radical (unpaired) electrons. The van der Waals surface area contributed by atoms with Crippen LogP contribution in [-0.2, 0) is 0 Å². The average Bonchev–Trinajstić information content (AvgIpc) is 2.31. The Kier molecular flexibility index (Phi) is 6.72. The number of aliphatic hydroxyl groups is 1. The lowest BCUT2D eigenvalue weighted by Crippen LogP contribution is -2.46. The summed E-state index contributed by atoms with van der Waals surface area (Å²) in [6.07, 6.45) is 0. The van der Waals surface area contributed by atoms with Crippen LogP contribution in [0.5, 0.6) is 0 Å². The van der Waals surface area contributed by atoms with Gasteiger partial charge in [0, 0.05) is 29.7 Å². The lowest BCUT2D eigenvalue weighted by atomic mass is 10.1. The maximum atomic E-state index is 9.56. The molecule has 1 aromatic rings. The Balaban J connectivity index is 0.00000144. The minimum absolute atomic E-state index is 0. The molecule has 0 saturated carbocycles. The summed E-state index contributed by atoms with van der Waals surface area (Å²) in [5, 5.41) is 12.9. The molecule has 3 nitrogen and oxygen atoms in total. The third kappa shape index (κ3) is 4.06. The van der Waals surface area contributed by atoms with Crippen LogP contribution in [0.2, 0.25) is 0 Å². The molecule has 1 aliphatic heterocycles. The Morgan fingerprint density at radius 3 is 2.65 bits per heavy atom. The fraction of sp³-hybridized carbons (Fsp3) is 0.500. The number of benzene rings is 1. The molecule has 2 N–H and O–H groups in total. The molecular formula is C12H18ClIN2O. The van der Waals surface area contributed by atoms with Gasteiger partial charge in [-0.15, -0.1) is 12.4 Å². The topological polar surface area (TPSA) is 35.5 Å². The predicted octanol–water partition coefficient (Wildman–Crippen LogP) is 1.65. The van der Waals surface area contributed by atoms with Gasteiger partial charge in [0.2, 0.25) is 0 Å². The van der Waals surface area contributed by atoms with Crippen molar-refractivity contribution < 1.29 is 5.11 Å². The van der Waals surface area contributed by atoms with Crippen LogP contribution in [0.4, 0.5) is 0 Å². The van der Waals surface area contributed by atoms with Gasteiger partial charge in [-0.05, 0) is 40.3 Å². The Morgan fingerprint density at radius 1 is 1.35 bits per heavy atom. The third-order valence-corrected chi connectivity index (χ3v) is 3.67. The van der Waals surface area contributed by atoms with Gasteiger partial charge in [0.25, 0.3) is 0 Å². The van der Waals surface area contributed by atoms with Gasteiger partial charge in [-0.2, -0.15) is 0 Å². The summed E-state index contributed by atoms with van der Waals surface area (Å²) in [4.78, 5) is 2.35. The van der Waals surface area contributed by atoms with Gasteiger partial charge in [0.15, 0.2) is 0 Å². The van der Waals surface area contributed by atoms with Crippen molar-refractivity contribution in [1.82, 2.24) is 10.2 Å². The lowest BCUT2D eigenvalue weighted by molar-refractivity contribution is 0.111. The van der Waals surface area contributed by atoms with Crippen molar-refractivity contribution in [3.63, 3.8) is 0 Å². The maximum absolute atomic E-state index is 9.56. The summed E-state index contributed by atoms with van der Waals surface area (Å²) in [5.41, 5.74) is 1.22. The summed E-state index contributed by atoms with van der Waals surface area (Å²) in [7, 11) is 0. The van der Waals surface area contributed by atoms with Crippen molar-refractivity contribution in [3.05, 3.63) is 33.4 Å². The highest BCUT2D eigenvalue weighted by Gasteiger charge is 2.21. The van der Waals surface area contributed by atoms with Crippen LogP contribution in [0.1, 0.15) is 11.6 Å². The van der Waals surface area contributed by atoms with Crippen molar-refractivity contribution in [2.75, 3.05) is 32.8 Å². The number of halogens is 2. The first-order valence-electron chi connectivity index (χ1n) is 5.62. The highest BCUT2D eigenvalue weighted by Crippen LogP contribution is 2.22. The molecule has 2 rings (SSSR count). The Labute approximate surface area is 122 Å². The van der Waals surface area contributed by atoms with Crippen LogP contribution >= 0.6 is 35.0 Å². The molecule has 1 saturated heterocycles. The van der Waals surface area contributed by atoms with Gasteiger partial charge >= 0.3 is 0 Å². The van der Waals surface area contributed by atoms with Gasteiger partial charge in [0.05, 0.1) is 12.6 Å². The summed E-state index contributed by atoms with van der Waals surface area (Å²) >= 11 is 2.31. The molecule has 0 unspecified atom stereocenters. The van der Waals surface area contributed by atoms with Crippen molar-refractivity contribution in [2.24, 2.45) is 0 Å². The molecular weight excluding hydrogens is 351 g/mol. The molecule has 1 aliphatic rings. The molecule has 17 heavy (non-hydrogen) atoms. The first kappa shape index (κ1) is 15.2. The van der Waals surface area contributed by atoms with Crippen molar-refractivity contribution in [2.45, 2.75) is 6.04 Å². The van der Waals surface area contributed by atoms with Gasteiger partial charge in [-0.25, -0.2) is 0 Å². The molecule has 0 aromatic heterocycles. The fourth-order valence-electron chi connectivity index (χ4n) is 2.14. The van der Waals surface area contributed by atoms with Crippen LogP contribution in [0.15, 0.2) is 24.3 Å². The molecule has 1 fully saturated rings. The van der Waals surface area contributed by atoms with E-state index in [9.17, 15) is 5.11 Å². The Morgan fingerprint density at radius 2 is 2.06 bits per heavy atom. The minimum Gasteiger partial charge on any atom is -0.394 e. The highest BCUT2D eigenvalue weighted by molar-refractivity contribution is 14.1. The highest BCUT2D eigenvalue weighted by atomic mass is 127. The van der Waals surface area contributed by atoms with Gasteiger partial charge in [0.1, 0.15) is 0 Å². The van der Waals surface area contributed by atoms with E-state index in [-0.39, 0.29) is 25.1 Å². The lowest BCUT2D eigenvalue weighted by Gasteiger charge is -2.34. The average molecular weight is 369 g/mol. The predicted molar refractivity (Wildman–Crippen MR) is 80.7 cm³/mol. The number of rotatable bonds is 3. The van der Waals surface area contributed by atoms with E-state index in [1.165, 1.54) is 9.13 Å². The van der Waals surface area contributed by atoms with E-state index in [2.05, 4.69) is 57.1 Å². The summed E-state index contributed by atoms with van der Waals surface area (Å²) in [6, 6.07) is 8.55. The standard InChI is InChI=1S/C12H17IN2O.ClH/c13-11-3-1-2-10(8-11)12(9-16)15-6-4-14-5-7-15;/h1-3,8,12,14,16H,4-7,9H2;1H/t12-;/m1./s1. The van der Waals surface area contributed by atoms with E-state index in [0.29, 0.717) is 0 Å². The molecule has 1 heterocycles. The summed E-state index contributed by atoms with van der Waals surface area (Å²) in [5.74, 6) is 0. The number of piperazine rings is 1. The first-order valence-corrected chi connectivity index (χ1v) is 6.70. The van der Waals surface area contributed by atoms with Crippen LogP contribution in [0.25, 0.3) is 0 Å². The zero-order valence-corrected chi connectivity index (χ0v) is 12.6. The van der Waals surface area contributed by atoms with Gasteiger partial charge in [-0.1, -0.05) is 12.1 Å². The SMILES string of the molecule is Cl.OC[C@H](c1cccc(I)c1)N1CCNCC1. The molecule has 1 aromatic carbocycles. The second-order valence-corrected chi connectivity index (χ2v) is 5.28. The molecule has 0 spiro atoms. The van der Waals surface area contributed by atoms with Crippen molar-refractivity contribution in [1.29, 1.82) is 0 Å². The van der Waals surface area contributed by atoms with Crippen LogP contribution in [0, 0.1) is 3.57 Å². The monoisotopic (exact) mass is 368 g/mol. The third-order valence-electron chi connectivity index (χ3n) is 3.00. The number of nitrogens with zero attached hydrogens (tertiary/aromatic N) is 1. The molecule has 0 aliphatic carbocycles. The molecule has 1 atom stereocenters. The second kappa shape index (κ2) is 7.53. The maximum Gasteiger partial charge on any atom is 0.0628 e.